The summed E-state index contributed by atoms with van der Waals surface area (Å²) < 4.78 is 7.10. The monoisotopic (exact) mass is 365 g/mol. The average molecular weight is 365 g/mol. The van der Waals surface area contributed by atoms with Crippen molar-refractivity contribution < 1.29 is 4.74 Å². The summed E-state index contributed by atoms with van der Waals surface area (Å²) in [5.74, 6) is 1.42. The first-order valence-electron chi connectivity index (χ1n) is 9.62. The Morgan fingerprint density at radius 1 is 1.19 bits per heavy atom. The Hall–Kier alpha value is -2.61. The standard InChI is InChI=1S/C19H23N7O/c1-27-19-20-8-5-15(21-19)12-25-9-6-13(7-10-25)18-23-22-17-11-14-3-2-4-16(14)24-26(17)18/h5,8,11,13H,2-4,6-7,9-10,12H2,1H3. The summed E-state index contributed by atoms with van der Waals surface area (Å²) in [7, 11) is 1.59. The zero-order chi connectivity index (χ0) is 18.2. The minimum Gasteiger partial charge on any atom is -0.467 e. The van der Waals surface area contributed by atoms with Crippen molar-refractivity contribution in [1.82, 2.24) is 34.7 Å². The van der Waals surface area contributed by atoms with Gasteiger partial charge in [0.1, 0.15) is 0 Å². The number of piperidine rings is 1. The van der Waals surface area contributed by atoms with Crippen molar-refractivity contribution in [2.75, 3.05) is 20.2 Å². The summed E-state index contributed by atoms with van der Waals surface area (Å²) in [4.78, 5) is 10.9. The smallest absolute Gasteiger partial charge is 0.316 e. The predicted octanol–water partition coefficient (Wildman–Crippen LogP) is 1.79. The summed E-state index contributed by atoms with van der Waals surface area (Å²) in [6.07, 6.45) is 7.26. The van der Waals surface area contributed by atoms with Crippen LogP contribution in [0, 0.1) is 0 Å². The van der Waals surface area contributed by atoms with Crippen molar-refractivity contribution in [2.24, 2.45) is 0 Å². The third-order valence-corrected chi connectivity index (χ3v) is 5.66. The number of rotatable bonds is 4. The molecule has 0 N–H and O–H groups in total. The zero-order valence-electron chi connectivity index (χ0n) is 15.5. The molecule has 0 bridgehead atoms. The van der Waals surface area contributed by atoms with E-state index in [0.29, 0.717) is 11.9 Å². The van der Waals surface area contributed by atoms with Crippen molar-refractivity contribution in [3.63, 3.8) is 0 Å². The van der Waals surface area contributed by atoms with Crippen molar-refractivity contribution >= 4 is 5.65 Å². The lowest BCUT2D eigenvalue weighted by Gasteiger charge is -2.30. The van der Waals surface area contributed by atoms with E-state index in [0.717, 1.165) is 62.5 Å². The van der Waals surface area contributed by atoms with Crippen LogP contribution in [0.5, 0.6) is 6.01 Å². The first-order valence-corrected chi connectivity index (χ1v) is 9.62. The van der Waals surface area contributed by atoms with Crippen molar-refractivity contribution in [3.05, 3.63) is 41.1 Å². The van der Waals surface area contributed by atoms with Gasteiger partial charge in [0.25, 0.3) is 0 Å². The van der Waals surface area contributed by atoms with E-state index < -0.39 is 0 Å². The van der Waals surface area contributed by atoms with Crippen LogP contribution in [0.25, 0.3) is 5.65 Å². The summed E-state index contributed by atoms with van der Waals surface area (Å²) in [6.45, 7) is 2.84. The number of aryl methyl sites for hydroxylation is 2. The van der Waals surface area contributed by atoms with Crippen LogP contribution in [-0.4, -0.2) is 54.9 Å². The molecule has 1 saturated heterocycles. The Labute approximate surface area is 157 Å². The second kappa shape index (κ2) is 6.84. The Balaban J connectivity index is 1.28. The highest BCUT2D eigenvalue weighted by Gasteiger charge is 2.26. The van der Waals surface area contributed by atoms with Crippen molar-refractivity contribution in [3.8, 4) is 6.01 Å². The molecule has 2 aliphatic rings. The molecular weight excluding hydrogens is 342 g/mol. The predicted molar refractivity (Wildman–Crippen MR) is 98.6 cm³/mol. The van der Waals surface area contributed by atoms with Gasteiger partial charge in [-0.25, -0.2) is 4.98 Å². The van der Waals surface area contributed by atoms with E-state index in [2.05, 4.69) is 31.1 Å². The number of hydrogen-bond acceptors (Lipinski definition) is 7. The molecule has 1 aliphatic carbocycles. The summed E-state index contributed by atoms with van der Waals surface area (Å²) in [5, 5.41) is 13.7. The summed E-state index contributed by atoms with van der Waals surface area (Å²) >= 11 is 0. The van der Waals surface area contributed by atoms with E-state index in [1.54, 1.807) is 13.3 Å². The van der Waals surface area contributed by atoms with Gasteiger partial charge in [0.2, 0.25) is 0 Å². The van der Waals surface area contributed by atoms with E-state index in [4.69, 9.17) is 9.84 Å². The highest BCUT2D eigenvalue weighted by atomic mass is 16.5. The van der Waals surface area contributed by atoms with Crippen LogP contribution in [0.15, 0.2) is 18.3 Å². The van der Waals surface area contributed by atoms with Crippen molar-refractivity contribution in [2.45, 2.75) is 44.6 Å². The Bertz CT molecular complexity index is 962. The number of ether oxygens (including phenoxy) is 1. The lowest BCUT2D eigenvalue weighted by Crippen LogP contribution is -2.33. The topological polar surface area (TPSA) is 81.3 Å². The molecule has 1 aliphatic heterocycles. The second-order valence-electron chi connectivity index (χ2n) is 7.38. The molecule has 27 heavy (non-hydrogen) atoms. The molecule has 0 spiro atoms. The van der Waals surface area contributed by atoms with Gasteiger partial charge in [-0.3, -0.25) is 4.90 Å². The van der Waals surface area contributed by atoms with E-state index >= 15 is 0 Å². The maximum Gasteiger partial charge on any atom is 0.316 e. The molecule has 0 aromatic carbocycles. The van der Waals surface area contributed by atoms with E-state index in [1.807, 2.05) is 10.6 Å². The number of hydrogen-bond donors (Lipinski definition) is 0. The normalized spacial score (nSPS) is 18.1. The van der Waals surface area contributed by atoms with Gasteiger partial charge in [-0.15, -0.1) is 10.2 Å². The van der Waals surface area contributed by atoms with Crippen LogP contribution in [0.1, 0.15) is 48.0 Å². The molecule has 1 fully saturated rings. The highest BCUT2D eigenvalue weighted by Crippen LogP contribution is 2.29. The first-order chi connectivity index (χ1) is 13.3. The van der Waals surface area contributed by atoms with Gasteiger partial charge in [-0.05, 0) is 62.9 Å². The fraction of sp³-hybridized carbons (Fsp3) is 0.526. The van der Waals surface area contributed by atoms with Crippen LogP contribution in [0.2, 0.25) is 0 Å². The molecule has 8 nitrogen and oxygen atoms in total. The Morgan fingerprint density at radius 2 is 2.07 bits per heavy atom. The molecule has 3 aromatic heterocycles. The van der Waals surface area contributed by atoms with E-state index in [1.165, 1.54) is 17.7 Å². The molecule has 4 heterocycles. The largest absolute Gasteiger partial charge is 0.467 e. The van der Waals surface area contributed by atoms with Crippen LogP contribution in [-0.2, 0) is 19.4 Å². The molecule has 0 amide bonds. The molecule has 0 atom stereocenters. The maximum atomic E-state index is 5.12. The summed E-state index contributed by atoms with van der Waals surface area (Å²) in [5.41, 5.74) is 4.45. The number of nitrogens with zero attached hydrogens (tertiary/aromatic N) is 7. The summed E-state index contributed by atoms with van der Waals surface area (Å²) in [6, 6.07) is 4.55. The minimum atomic E-state index is 0.406. The molecule has 0 saturated carbocycles. The van der Waals surface area contributed by atoms with E-state index in [-0.39, 0.29) is 0 Å². The third-order valence-electron chi connectivity index (χ3n) is 5.66. The lowest BCUT2D eigenvalue weighted by molar-refractivity contribution is 0.198. The molecule has 0 unspecified atom stereocenters. The van der Waals surface area contributed by atoms with Crippen LogP contribution in [0.4, 0.5) is 0 Å². The molecule has 140 valence electrons. The van der Waals surface area contributed by atoms with Gasteiger partial charge in [0.05, 0.1) is 18.5 Å². The number of fused-ring (bicyclic) bond motifs is 2. The molecule has 5 rings (SSSR count). The Kier molecular flexibility index (Phi) is 4.20. The SMILES string of the molecule is COc1nccc(CN2CCC(c3nnc4cc5c(nn34)CCC5)CC2)n1. The molecule has 0 radical (unpaired) electrons. The third kappa shape index (κ3) is 3.14. The molecular formula is C19H23N7O. The highest BCUT2D eigenvalue weighted by molar-refractivity contribution is 5.43. The molecule has 3 aromatic rings. The fourth-order valence-electron chi connectivity index (χ4n) is 4.19. The van der Waals surface area contributed by atoms with Crippen LogP contribution >= 0.6 is 0 Å². The van der Waals surface area contributed by atoms with Crippen LogP contribution < -0.4 is 4.74 Å². The zero-order valence-corrected chi connectivity index (χ0v) is 15.5. The first kappa shape index (κ1) is 16.6. The van der Waals surface area contributed by atoms with E-state index in [9.17, 15) is 0 Å². The van der Waals surface area contributed by atoms with Crippen LogP contribution in [0.3, 0.4) is 0 Å². The fourth-order valence-corrected chi connectivity index (χ4v) is 4.19. The number of likely N-dealkylation sites (tertiary alicyclic amines) is 1. The van der Waals surface area contributed by atoms with Gasteiger partial charge in [-0.1, -0.05) is 0 Å². The van der Waals surface area contributed by atoms with Crippen molar-refractivity contribution in [1.29, 1.82) is 0 Å². The maximum absolute atomic E-state index is 5.12. The number of methoxy groups -OCH3 is 1. The van der Waals surface area contributed by atoms with Gasteiger partial charge in [-0.2, -0.15) is 14.6 Å². The number of aromatic nitrogens is 6. The quantitative estimate of drug-likeness (QED) is 0.697. The Morgan fingerprint density at radius 3 is 2.93 bits per heavy atom. The van der Waals surface area contributed by atoms with Gasteiger partial charge in [0.15, 0.2) is 11.5 Å². The van der Waals surface area contributed by atoms with Gasteiger partial charge >= 0.3 is 6.01 Å². The molecule has 8 heteroatoms. The van der Waals surface area contributed by atoms with Gasteiger partial charge < -0.3 is 4.74 Å². The van der Waals surface area contributed by atoms with Gasteiger partial charge in [0, 0.05) is 18.7 Å². The lowest BCUT2D eigenvalue weighted by atomic mass is 9.96. The second-order valence-corrected chi connectivity index (χ2v) is 7.38. The minimum absolute atomic E-state index is 0.406. The average Bonchev–Trinajstić information content (AvgIpc) is 3.33.